The first-order chi connectivity index (χ1) is 9.43. The van der Waals surface area contributed by atoms with E-state index in [9.17, 15) is 13.6 Å². The standard InChI is InChI=1S/C14H15F2NO3/c1-8(9-2-3-9)6-13(18)17-10-4-5-11-12(7-10)20-14(15,16)19-11/h4-5,7-9H,2-3,6H2,1H3,(H,17,18)/t8-/m0/s1. The first kappa shape index (κ1) is 13.1. The number of hydrogen-bond donors (Lipinski definition) is 1. The van der Waals surface area contributed by atoms with E-state index in [1.54, 1.807) is 0 Å². The first-order valence-electron chi connectivity index (χ1n) is 6.63. The third kappa shape index (κ3) is 2.84. The number of amides is 1. The quantitative estimate of drug-likeness (QED) is 0.921. The molecule has 0 saturated heterocycles. The van der Waals surface area contributed by atoms with Gasteiger partial charge in [0.2, 0.25) is 5.91 Å². The number of rotatable bonds is 4. The Morgan fingerprint density at radius 3 is 2.80 bits per heavy atom. The van der Waals surface area contributed by atoms with Gasteiger partial charge in [0.25, 0.3) is 0 Å². The molecule has 0 unspecified atom stereocenters. The first-order valence-corrected chi connectivity index (χ1v) is 6.63. The van der Waals surface area contributed by atoms with Gasteiger partial charge in [-0.05, 0) is 36.8 Å². The van der Waals surface area contributed by atoms with Gasteiger partial charge in [-0.1, -0.05) is 6.92 Å². The Morgan fingerprint density at radius 2 is 2.10 bits per heavy atom. The van der Waals surface area contributed by atoms with Crippen molar-refractivity contribution in [3.63, 3.8) is 0 Å². The largest absolute Gasteiger partial charge is 0.586 e. The number of carbonyl (C=O) groups excluding carboxylic acids is 1. The zero-order valence-electron chi connectivity index (χ0n) is 11.0. The number of halogens is 2. The Hall–Kier alpha value is -1.85. The van der Waals surface area contributed by atoms with Gasteiger partial charge in [-0.2, -0.15) is 0 Å². The van der Waals surface area contributed by atoms with Crippen molar-refractivity contribution in [3.8, 4) is 11.5 Å². The highest BCUT2D eigenvalue weighted by molar-refractivity contribution is 5.91. The molecule has 1 atom stereocenters. The van der Waals surface area contributed by atoms with Crippen LogP contribution in [0.5, 0.6) is 11.5 Å². The van der Waals surface area contributed by atoms with Crippen LogP contribution >= 0.6 is 0 Å². The lowest BCUT2D eigenvalue weighted by atomic mass is 10.0. The van der Waals surface area contributed by atoms with E-state index < -0.39 is 6.29 Å². The van der Waals surface area contributed by atoms with Crippen LogP contribution in [0.1, 0.15) is 26.2 Å². The summed E-state index contributed by atoms with van der Waals surface area (Å²) in [5.74, 6) is 0.793. The number of anilines is 1. The summed E-state index contributed by atoms with van der Waals surface area (Å²) >= 11 is 0. The maximum Gasteiger partial charge on any atom is 0.586 e. The molecule has 4 nitrogen and oxygen atoms in total. The van der Waals surface area contributed by atoms with Crippen LogP contribution < -0.4 is 14.8 Å². The molecule has 1 heterocycles. The molecule has 3 rings (SSSR count). The molecule has 2 aliphatic rings. The lowest BCUT2D eigenvalue weighted by Crippen LogP contribution is -2.25. The van der Waals surface area contributed by atoms with Crippen LogP contribution in [-0.4, -0.2) is 12.2 Å². The van der Waals surface area contributed by atoms with Crippen LogP contribution in [0.3, 0.4) is 0 Å². The van der Waals surface area contributed by atoms with E-state index in [-0.39, 0.29) is 17.4 Å². The molecule has 6 heteroatoms. The number of nitrogens with one attached hydrogen (secondary N) is 1. The second-order valence-corrected chi connectivity index (χ2v) is 5.40. The van der Waals surface area contributed by atoms with Gasteiger partial charge in [-0.3, -0.25) is 4.79 Å². The number of ether oxygens (including phenoxy) is 2. The van der Waals surface area contributed by atoms with E-state index in [2.05, 4.69) is 21.7 Å². The van der Waals surface area contributed by atoms with Crippen molar-refractivity contribution in [2.24, 2.45) is 11.8 Å². The monoisotopic (exact) mass is 283 g/mol. The van der Waals surface area contributed by atoms with Crippen LogP contribution in [0.2, 0.25) is 0 Å². The molecule has 1 N–H and O–H groups in total. The van der Waals surface area contributed by atoms with Crippen molar-refractivity contribution in [1.29, 1.82) is 0 Å². The number of alkyl halides is 2. The molecule has 1 aromatic rings. The zero-order valence-corrected chi connectivity index (χ0v) is 11.0. The topological polar surface area (TPSA) is 47.6 Å². The van der Waals surface area contributed by atoms with Gasteiger partial charge >= 0.3 is 6.29 Å². The average Bonchev–Trinajstić information content (AvgIpc) is 3.11. The fourth-order valence-corrected chi connectivity index (χ4v) is 2.36. The van der Waals surface area contributed by atoms with Gasteiger partial charge in [0, 0.05) is 18.2 Å². The minimum absolute atomic E-state index is 0.0284. The van der Waals surface area contributed by atoms with Crippen molar-refractivity contribution < 1.29 is 23.0 Å². The predicted molar refractivity (Wildman–Crippen MR) is 67.8 cm³/mol. The molecule has 20 heavy (non-hydrogen) atoms. The van der Waals surface area contributed by atoms with E-state index >= 15 is 0 Å². The van der Waals surface area contributed by atoms with Gasteiger partial charge in [-0.25, -0.2) is 0 Å². The van der Waals surface area contributed by atoms with Crippen molar-refractivity contribution in [2.45, 2.75) is 32.5 Å². The third-order valence-electron chi connectivity index (χ3n) is 3.62. The predicted octanol–water partition coefficient (Wildman–Crippen LogP) is 3.38. The number of benzene rings is 1. The Balaban J connectivity index is 1.62. The molecule has 0 spiro atoms. The summed E-state index contributed by atoms with van der Waals surface area (Å²) < 4.78 is 34.4. The van der Waals surface area contributed by atoms with Gasteiger partial charge in [-0.15, -0.1) is 8.78 Å². The Kier molecular flexibility index (Phi) is 3.03. The smallest absolute Gasteiger partial charge is 0.395 e. The summed E-state index contributed by atoms with van der Waals surface area (Å²) in [6, 6.07) is 4.22. The van der Waals surface area contributed by atoms with Gasteiger partial charge in [0.05, 0.1) is 0 Å². The Morgan fingerprint density at radius 1 is 1.40 bits per heavy atom. The van der Waals surface area contributed by atoms with E-state index in [1.807, 2.05) is 0 Å². The summed E-state index contributed by atoms with van der Waals surface area (Å²) in [7, 11) is 0. The number of fused-ring (bicyclic) bond motifs is 1. The molecule has 0 radical (unpaired) electrons. The van der Waals surface area contributed by atoms with Crippen molar-refractivity contribution in [3.05, 3.63) is 18.2 Å². The second-order valence-electron chi connectivity index (χ2n) is 5.40. The van der Waals surface area contributed by atoms with Crippen molar-refractivity contribution in [2.75, 3.05) is 5.32 Å². The Bertz CT molecular complexity index is 543. The van der Waals surface area contributed by atoms with Gasteiger partial charge in [0.15, 0.2) is 11.5 Å². The molecule has 1 saturated carbocycles. The summed E-state index contributed by atoms with van der Waals surface area (Å²) in [6.07, 6.45) is -0.818. The molecule has 1 aliphatic heterocycles. The highest BCUT2D eigenvalue weighted by Gasteiger charge is 2.43. The molecule has 1 aromatic carbocycles. The molecule has 1 aliphatic carbocycles. The summed E-state index contributed by atoms with van der Waals surface area (Å²) in [6.45, 7) is 2.05. The van der Waals surface area contributed by atoms with Gasteiger partial charge < -0.3 is 14.8 Å². The van der Waals surface area contributed by atoms with Gasteiger partial charge in [0.1, 0.15) is 0 Å². The zero-order chi connectivity index (χ0) is 14.3. The second kappa shape index (κ2) is 4.61. The third-order valence-corrected chi connectivity index (χ3v) is 3.62. The normalized spacial score (nSPS) is 20.6. The average molecular weight is 283 g/mol. The molecule has 1 amide bonds. The fourth-order valence-electron chi connectivity index (χ4n) is 2.36. The fraction of sp³-hybridized carbons (Fsp3) is 0.500. The molecule has 1 fully saturated rings. The maximum absolute atomic E-state index is 12.9. The van der Waals surface area contributed by atoms with Crippen LogP contribution in [0.4, 0.5) is 14.5 Å². The minimum atomic E-state index is -3.63. The van der Waals surface area contributed by atoms with Crippen LogP contribution in [0, 0.1) is 11.8 Å². The van der Waals surface area contributed by atoms with Crippen LogP contribution in [-0.2, 0) is 4.79 Å². The highest BCUT2D eigenvalue weighted by Crippen LogP contribution is 2.42. The lowest BCUT2D eigenvalue weighted by Gasteiger charge is -2.10. The van der Waals surface area contributed by atoms with Crippen molar-refractivity contribution in [1.82, 2.24) is 0 Å². The van der Waals surface area contributed by atoms with Crippen LogP contribution in [0.15, 0.2) is 18.2 Å². The number of carbonyl (C=O) groups is 1. The maximum atomic E-state index is 12.9. The van der Waals surface area contributed by atoms with E-state index in [1.165, 1.54) is 31.0 Å². The summed E-state index contributed by atoms with van der Waals surface area (Å²) in [5.41, 5.74) is 0.429. The number of hydrogen-bond acceptors (Lipinski definition) is 3. The van der Waals surface area contributed by atoms with E-state index in [0.29, 0.717) is 23.9 Å². The minimum Gasteiger partial charge on any atom is -0.395 e. The molecule has 108 valence electrons. The molecular formula is C14H15F2NO3. The molecular weight excluding hydrogens is 268 g/mol. The molecule has 0 aromatic heterocycles. The van der Waals surface area contributed by atoms with Crippen molar-refractivity contribution >= 4 is 11.6 Å². The molecule has 0 bridgehead atoms. The highest BCUT2D eigenvalue weighted by atomic mass is 19.3. The summed E-state index contributed by atoms with van der Waals surface area (Å²) in [4.78, 5) is 11.9. The van der Waals surface area contributed by atoms with E-state index in [0.717, 1.165) is 0 Å². The van der Waals surface area contributed by atoms with E-state index in [4.69, 9.17) is 0 Å². The SMILES string of the molecule is C[C@@H](CC(=O)Nc1ccc2c(c1)OC(F)(F)O2)C1CC1. The van der Waals surface area contributed by atoms with Crippen LogP contribution in [0.25, 0.3) is 0 Å². The summed E-state index contributed by atoms with van der Waals surface area (Å²) in [5, 5.41) is 2.69. The Labute approximate surface area is 115 Å². The lowest BCUT2D eigenvalue weighted by molar-refractivity contribution is -0.286.